The lowest BCUT2D eigenvalue weighted by atomic mass is 10.0. The maximum absolute atomic E-state index is 5.71. The molecule has 0 amide bonds. The Balaban J connectivity index is 2.00. The Morgan fingerprint density at radius 1 is 1.10 bits per heavy atom. The fourth-order valence-corrected chi connectivity index (χ4v) is 2.76. The number of nitrogens with two attached hydrogens (primary N) is 1. The summed E-state index contributed by atoms with van der Waals surface area (Å²) in [6, 6.07) is 3.85. The highest BCUT2D eigenvalue weighted by atomic mass is 16.6. The van der Waals surface area contributed by atoms with Gasteiger partial charge in [-0.3, -0.25) is 10.8 Å². The zero-order valence-electron chi connectivity index (χ0n) is 10.9. The molecule has 3 N–H and O–H groups in total. The molecule has 104 valence electrons. The Hall–Kier alpha value is -2.05. The molecular formula is C14H15N3O3. The molecule has 0 saturated carbocycles. The van der Waals surface area contributed by atoms with Gasteiger partial charge in [-0.1, -0.05) is 0 Å². The number of nitrogen functional groups attached to an aromatic ring is 1. The Labute approximate surface area is 115 Å². The molecular weight excluding hydrogens is 258 g/mol. The van der Waals surface area contributed by atoms with Gasteiger partial charge in [-0.05, 0) is 6.07 Å². The van der Waals surface area contributed by atoms with Gasteiger partial charge < -0.3 is 19.6 Å². The van der Waals surface area contributed by atoms with E-state index in [4.69, 9.17) is 25.0 Å². The van der Waals surface area contributed by atoms with Gasteiger partial charge in [-0.2, -0.15) is 0 Å². The van der Waals surface area contributed by atoms with Gasteiger partial charge in [0, 0.05) is 23.4 Å². The third kappa shape index (κ3) is 1.69. The highest BCUT2D eigenvalue weighted by Gasteiger charge is 2.21. The topological polar surface area (TPSA) is 78.6 Å². The second-order valence-corrected chi connectivity index (χ2v) is 4.87. The van der Waals surface area contributed by atoms with Crippen molar-refractivity contribution in [2.45, 2.75) is 13.0 Å². The van der Waals surface area contributed by atoms with E-state index in [1.54, 1.807) is 0 Å². The number of hydrazine groups is 1. The van der Waals surface area contributed by atoms with Crippen LogP contribution >= 0.6 is 0 Å². The van der Waals surface area contributed by atoms with Crippen LogP contribution in [0.25, 0.3) is 10.9 Å². The van der Waals surface area contributed by atoms with Crippen molar-refractivity contribution in [1.29, 1.82) is 0 Å². The van der Waals surface area contributed by atoms with E-state index in [0.29, 0.717) is 26.4 Å². The summed E-state index contributed by atoms with van der Waals surface area (Å²) in [6.07, 6.45) is 0.800. The van der Waals surface area contributed by atoms with Crippen molar-refractivity contribution in [3.63, 3.8) is 0 Å². The second kappa shape index (κ2) is 4.50. The van der Waals surface area contributed by atoms with Crippen molar-refractivity contribution < 1.29 is 14.2 Å². The number of fused-ring (bicyclic) bond motifs is 3. The number of benzene rings is 1. The fourth-order valence-electron chi connectivity index (χ4n) is 2.76. The number of nitrogens with one attached hydrogen (secondary N) is 1. The highest BCUT2D eigenvalue weighted by molar-refractivity contribution is 5.95. The van der Waals surface area contributed by atoms with Crippen LogP contribution in [0.1, 0.15) is 11.3 Å². The number of hydrogen-bond donors (Lipinski definition) is 2. The van der Waals surface area contributed by atoms with E-state index in [2.05, 4.69) is 5.43 Å². The highest BCUT2D eigenvalue weighted by Crippen LogP contribution is 2.39. The molecule has 1 aromatic heterocycles. The largest absolute Gasteiger partial charge is 0.486 e. The lowest BCUT2D eigenvalue weighted by Gasteiger charge is -2.23. The van der Waals surface area contributed by atoms with E-state index in [1.807, 2.05) is 12.1 Å². The van der Waals surface area contributed by atoms with Crippen molar-refractivity contribution in [2.24, 2.45) is 5.84 Å². The smallest absolute Gasteiger partial charge is 0.163 e. The summed E-state index contributed by atoms with van der Waals surface area (Å²) in [4.78, 5) is 4.72. The standard InChI is InChI=1S/C14H15N3O3/c15-17-14-8-5-12-13(20-4-3-19-12)6-11(8)16-10-1-2-18-7-9(10)14/h5-6H,1-4,7,15H2,(H,16,17). The summed E-state index contributed by atoms with van der Waals surface area (Å²) in [5.74, 6) is 7.19. The molecule has 2 aliphatic heterocycles. The maximum atomic E-state index is 5.71. The van der Waals surface area contributed by atoms with Gasteiger partial charge in [-0.15, -0.1) is 0 Å². The Kier molecular flexibility index (Phi) is 2.64. The van der Waals surface area contributed by atoms with E-state index in [0.717, 1.165) is 45.8 Å². The predicted molar refractivity (Wildman–Crippen MR) is 73.9 cm³/mol. The van der Waals surface area contributed by atoms with Crippen LogP contribution in [0.5, 0.6) is 11.5 Å². The maximum Gasteiger partial charge on any atom is 0.163 e. The van der Waals surface area contributed by atoms with Crippen molar-refractivity contribution in [3.05, 3.63) is 23.4 Å². The van der Waals surface area contributed by atoms with Crippen LogP contribution in [0.15, 0.2) is 12.1 Å². The molecule has 2 aliphatic rings. The molecule has 6 nitrogen and oxygen atoms in total. The zero-order valence-corrected chi connectivity index (χ0v) is 10.9. The molecule has 0 saturated heterocycles. The molecule has 0 fully saturated rings. The van der Waals surface area contributed by atoms with Crippen LogP contribution in [-0.4, -0.2) is 24.8 Å². The summed E-state index contributed by atoms with van der Waals surface area (Å²) in [5, 5.41) is 0.931. The third-order valence-corrected chi connectivity index (χ3v) is 3.71. The minimum Gasteiger partial charge on any atom is -0.486 e. The lowest BCUT2D eigenvalue weighted by molar-refractivity contribution is 0.110. The first kappa shape index (κ1) is 11.7. The molecule has 4 rings (SSSR count). The minimum absolute atomic E-state index is 0.534. The van der Waals surface area contributed by atoms with Gasteiger partial charge in [0.15, 0.2) is 11.5 Å². The van der Waals surface area contributed by atoms with E-state index in [-0.39, 0.29) is 0 Å². The van der Waals surface area contributed by atoms with Gasteiger partial charge in [0.05, 0.1) is 30.1 Å². The van der Waals surface area contributed by atoms with Crippen molar-refractivity contribution in [2.75, 3.05) is 25.2 Å². The van der Waals surface area contributed by atoms with Gasteiger partial charge in [0.1, 0.15) is 13.2 Å². The summed E-state index contributed by atoms with van der Waals surface area (Å²) in [5.41, 5.74) is 6.58. The summed E-state index contributed by atoms with van der Waals surface area (Å²) in [7, 11) is 0. The fraction of sp³-hybridized carbons (Fsp3) is 0.357. The SMILES string of the molecule is NNc1c2c(nc3cc4c(cc13)OCCO4)CCOC2. The average Bonchev–Trinajstić information content (AvgIpc) is 2.50. The molecule has 3 heterocycles. The van der Waals surface area contributed by atoms with Crippen LogP contribution in [0.4, 0.5) is 5.69 Å². The molecule has 0 atom stereocenters. The quantitative estimate of drug-likeness (QED) is 0.603. The van der Waals surface area contributed by atoms with Crippen LogP contribution in [0.3, 0.4) is 0 Å². The Morgan fingerprint density at radius 3 is 2.70 bits per heavy atom. The van der Waals surface area contributed by atoms with Crippen LogP contribution < -0.4 is 20.7 Å². The summed E-state index contributed by atoms with van der Waals surface area (Å²) < 4.78 is 16.7. The number of pyridine rings is 1. The molecule has 1 aromatic carbocycles. The monoisotopic (exact) mass is 273 g/mol. The Bertz CT molecular complexity index is 682. The number of ether oxygens (including phenoxy) is 3. The number of nitrogens with zero attached hydrogens (tertiary/aromatic N) is 1. The average molecular weight is 273 g/mol. The van der Waals surface area contributed by atoms with Gasteiger partial charge in [0.25, 0.3) is 0 Å². The van der Waals surface area contributed by atoms with Crippen LogP contribution in [0.2, 0.25) is 0 Å². The first-order valence-electron chi connectivity index (χ1n) is 6.66. The van der Waals surface area contributed by atoms with E-state index in [1.165, 1.54) is 0 Å². The number of rotatable bonds is 1. The van der Waals surface area contributed by atoms with Crippen molar-refractivity contribution >= 4 is 16.6 Å². The Morgan fingerprint density at radius 2 is 1.90 bits per heavy atom. The lowest BCUT2D eigenvalue weighted by Crippen LogP contribution is -2.19. The summed E-state index contributed by atoms with van der Waals surface area (Å²) >= 11 is 0. The van der Waals surface area contributed by atoms with E-state index < -0.39 is 0 Å². The van der Waals surface area contributed by atoms with Crippen LogP contribution in [-0.2, 0) is 17.8 Å². The molecule has 2 aromatic rings. The first-order valence-corrected chi connectivity index (χ1v) is 6.66. The molecule has 6 heteroatoms. The normalized spacial score (nSPS) is 16.9. The van der Waals surface area contributed by atoms with E-state index >= 15 is 0 Å². The second-order valence-electron chi connectivity index (χ2n) is 4.87. The zero-order chi connectivity index (χ0) is 13.5. The first-order chi connectivity index (χ1) is 9.86. The van der Waals surface area contributed by atoms with Crippen molar-refractivity contribution in [3.8, 4) is 11.5 Å². The van der Waals surface area contributed by atoms with Crippen molar-refractivity contribution in [1.82, 2.24) is 4.98 Å². The molecule has 0 radical (unpaired) electrons. The van der Waals surface area contributed by atoms with Gasteiger partial charge >= 0.3 is 0 Å². The molecule has 20 heavy (non-hydrogen) atoms. The molecule has 0 aliphatic carbocycles. The minimum atomic E-state index is 0.534. The third-order valence-electron chi connectivity index (χ3n) is 3.71. The number of aromatic nitrogens is 1. The molecule has 0 unspecified atom stereocenters. The summed E-state index contributed by atoms with van der Waals surface area (Å²) in [6.45, 7) is 2.36. The van der Waals surface area contributed by atoms with Gasteiger partial charge in [0.2, 0.25) is 0 Å². The number of anilines is 1. The molecule has 0 spiro atoms. The van der Waals surface area contributed by atoms with E-state index in [9.17, 15) is 0 Å². The van der Waals surface area contributed by atoms with Gasteiger partial charge in [-0.25, -0.2) is 0 Å². The molecule has 0 bridgehead atoms. The number of hydrogen-bond acceptors (Lipinski definition) is 6. The van der Waals surface area contributed by atoms with Crippen LogP contribution in [0, 0.1) is 0 Å². The predicted octanol–water partition coefficient (Wildman–Crippen LogP) is 1.36.